The molecule has 0 N–H and O–H groups in total. The molecular formula is C16H20N2O2. The minimum atomic E-state index is -0.409. The summed E-state index contributed by atoms with van der Waals surface area (Å²) in [5.74, 6) is -0.0258. The second-order valence-corrected chi connectivity index (χ2v) is 5.57. The molecule has 1 heterocycles. The van der Waals surface area contributed by atoms with E-state index in [0.717, 1.165) is 24.9 Å². The largest absolute Gasteiger partial charge is 0.367 e. The summed E-state index contributed by atoms with van der Waals surface area (Å²) in [4.78, 5) is 13.8. The highest BCUT2D eigenvalue weighted by Gasteiger charge is 2.32. The average molecular weight is 272 g/mol. The molecule has 1 atom stereocenters. The summed E-state index contributed by atoms with van der Waals surface area (Å²) < 4.78 is 5.46. The second-order valence-electron chi connectivity index (χ2n) is 5.57. The minimum Gasteiger partial charge on any atom is -0.367 e. The molecule has 1 saturated heterocycles. The van der Waals surface area contributed by atoms with E-state index in [2.05, 4.69) is 6.07 Å². The number of nitriles is 1. The first-order chi connectivity index (χ1) is 9.63. The molecule has 1 aromatic carbocycles. The molecule has 2 rings (SSSR count). The van der Waals surface area contributed by atoms with E-state index in [1.807, 2.05) is 37.3 Å². The molecular weight excluding hydrogens is 252 g/mol. The van der Waals surface area contributed by atoms with Crippen LogP contribution in [0.25, 0.3) is 0 Å². The lowest BCUT2D eigenvalue weighted by atomic mass is 9.83. The Hall–Kier alpha value is -1.86. The maximum Gasteiger partial charge on any atom is 0.248 e. The van der Waals surface area contributed by atoms with Crippen LogP contribution in [0.1, 0.15) is 25.3 Å². The van der Waals surface area contributed by atoms with Gasteiger partial charge in [-0.25, -0.2) is 0 Å². The van der Waals surface area contributed by atoms with E-state index in [4.69, 9.17) is 10.00 Å². The first-order valence-corrected chi connectivity index (χ1v) is 6.94. The van der Waals surface area contributed by atoms with Gasteiger partial charge in [0.05, 0.1) is 18.1 Å². The predicted molar refractivity (Wildman–Crippen MR) is 75.6 cm³/mol. The predicted octanol–water partition coefficient (Wildman–Crippen LogP) is 2.36. The Morgan fingerprint density at radius 2 is 2.20 bits per heavy atom. The number of piperidine rings is 1. The normalized spacial score (nSPS) is 22.3. The molecule has 106 valence electrons. The van der Waals surface area contributed by atoms with Gasteiger partial charge in [0.25, 0.3) is 0 Å². The van der Waals surface area contributed by atoms with Crippen molar-refractivity contribution in [3.05, 3.63) is 35.9 Å². The summed E-state index contributed by atoms with van der Waals surface area (Å²) in [6.07, 6.45) is 1.74. The van der Waals surface area contributed by atoms with Gasteiger partial charge in [0.15, 0.2) is 0 Å². The monoisotopic (exact) mass is 272 g/mol. The second kappa shape index (κ2) is 6.53. The molecule has 1 amide bonds. The summed E-state index contributed by atoms with van der Waals surface area (Å²) in [5.41, 5.74) is 0.647. The number of hydrogen-bond donors (Lipinski definition) is 0. The molecule has 0 spiro atoms. The van der Waals surface area contributed by atoms with Crippen LogP contribution < -0.4 is 0 Å². The molecule has 1 unspecified atom stereocenters. The number of carbonyl (C=O) groups is 1. The van der Waals surface area contributed by atoms with Gasteiger partial charge in [-0.1, -0.05) is 30.3 Å². The Morgan fingerprint density at radius 3 is 2.90 bits per heavy atom. The van der Waals surface area contributed by atoms with Crippen LogP contribution in [0.2, 0.25) is 0 Å². The van der Waals surface area contributed by atoms with Crippen molar-refractivity contribution < 1.29 is 9.53 Å². The van der Waals surface area contributed by atoms with E-state index < -0.39 is 5.41 Å². The van der Waals surface area contributed by atoms with E-state index in [0.29, 0.717) is 13.2 Å². The van der Waals surface area contributed by atoms with Crippen molar-refractivity contribution in [2.45, 2.75) is 26.4 Å². The van der Waals surface area contributed by atoms with E-state index in [9.17, 15) is 4.79 Å². The van der Waals surface area contributed by atoms with Crippen LogP contribution in [-0.4, -0.2) is 30.5 Å². The molecule has 1 aliphatic heterocycles. The van der Waals surface area contributed by atoms with E-state index in [-0.39, 0.29) is 12.5 Å². The number of hydrogen-bond acceptors (Lipinski definition) is 3. The van der Waals surface area contributed by atoms with Gasteiger partial charge in [-0.05, 0) is 25.3 Å². The van der Waals surface area contributed by atoms with Crippen LogP contribution in [0.4, 0.5) is 0 Å². The van der Waals surface area contributed by atoms with Crippen molar-refractivity contribution in [1.29, 1.82) is 5.26 Å². The molecule has 4 heteroatoms. The topological polar surface area (TPSA) is 53.3 Å². The number of ether oxygens (including phenoxy) is 1. The fourth-order valence-electron chi connectivity index (χ4n) is 2.47. The quantitative estimate of drug-likeness (QED) is 0.845. The first kappa shape index (κ1) is 14.5. The number of nitrogens with zero attached hydrogens (tertiary/aromatic N) is 2. The number of likely N-dealkylation sites (tertiary alicyclic amines) is 1. The molecule has 0 radical (unpaired) electrons. The molecule has 0 aromatic heterocycles. The van der Waals surface area contributed by atoms with Gasteiger partial charge in [-0.3, -0.25) is 4.79 Å². The summed E-state index contributed by atoms with van der Waals surface area (Å²) in [6.45, 7) is 3.67. The number of benzene rings is 1. The van der Waals surface area contributed by atoms with Crippen molar-refractivity contribution in [3.63, 3.8) is 0 Å². The molecule has 20 heavy (non-hydrogen) atoms. The lowest BCUT2D eigenvalue weighted by Gasteiger charge is -2.35. The molecule has 1 aliphatic rings. The zero-order chi connectivity index (χ0) is 14.4. The Bertz CT molecular complexity index is 495. The van der Waals surface area contributed by atoms with Gasteiger partial charge in [0.2, 0.25) is 5.91 Å². The molecule has 0 bridgehead atoms. The summed E-state index contributed by atoms with van der Waals surface area (Å²) in [5, 5.41) is 9.16. The van der Waals surface area contributed by atoms with Crippen LogP contribution in [0, 0.1) is 16.7 Å². The first-order valence-electron chi connectivity index (χ1n) is 6.94. The van der Waals surface area contributed by atoms with Gasteiger partial charge < -0.3 is 9.64 Å². The van der Waals surface area contributed by atoms with Crippen LogP contribution >= 0.6 is 0 Å². The van der Waals surface area contributed by atoms with Crippen LogP contribution in [-0.2, 0) is 16.1 Å². The molecule has 4 nitrogen and oxygen atoms in total. The van der Waals surface area contributed by atoms with Crippen molar-refractivity contribution in [3.8, 4) is 6.07 Å². The van der Waals surface area contributed by atoms with Crippen molar-refractivity contribution >= 4 is 5.91 Å². The number of amides is 1. The van der Waals surface area contributed by atoms with Crippen LogP contribution in [0.15, 0.2) is 30.3 Å². The average Bonchev–Trinajstić information content (AvgIpc) is 2.48. The van der Waals surface area contributed by atoms with E-state index in [1.54, 1.807) is 4.90 Å². The smallest absolute Gasteiger partial charge is 0.248 e. The van der Waals surface area contributed by atoms with Gasteiger partial charge >= 0.3 is 0 Å². The van der Waals surface area contributed by atoms with Crippen molar-refractivity contribution in [2.75, 3.05) is 19.7 Å². The molecule has 0 saturated carbocycles. The number of rotatable bonds is 4. The summed E-state index contributed by atoms with van der Waals surface area (Å²) in [6, 6.07) is 12.1. The fourth-order valence-corrected chi connectivity index (χ4v) is 2.47. The lowest BCUT2D eigenvalue weighted by Crippen LogP contribution is -2.45. The van der Waals surface area contributed by atoms with Gasteiger partial charge in [0, 0.05) is 13.1 Å². The van der Waals surface area contributed by atoms with Gasteiger partial charge in [-0.2, -0.15) is 5.26 Å². The Morgan fingerprint density at radius 1 is 1.45 bits per heavy atom. The fraction of sp³-hybridized carbons (Fsp3) is 0.500. The SMILES string of the molecule is CC1(C#N)CCCN(C(=O)COCc2ccccc2)C1. The summed E-state index contributed by atoms with van der Waals surface area (Å²) >= 11 is 0. The highest BCUT2D eigenvalue weighted by molar-refractivity contribution is 5.77. The van der Waals surface area contributed by atoms with Crippen molar-refractivity contribution in [1.82, 2.24) is 4.90 Å². The van der Waals surface area contributed by atoms with E-state index >= 15 is 0 Å². The highest BCUT2D eigenvalue weighted by Crippen LogP contribution is 2.28. The lowest BCUT2D eigenvalue weighted by molar-refractivity contribution is -0.139. The highest BCUT2D eigenvalue weighted by atomic mass is 16.5. The Balaban J connectivity index is 1.79. The van der Waals surface area contributed by atoms with E-state index in [1.165, 1.54) is 0 Å². The van der Waals surface area contributed by atoms with Crippen LogP contribution in [0.3, 0.4) is 0 Å². The third-order valence-electron chi connectivity index (χ3n) is 3.66. The zero-order valence-corrected chi connectivity index (χ0v) is 11.8. The minimum absolute atomic E-state index is 0.0258. The van der Waals surface area contributed by atoms with Crippen molar-refractivity contribution in [2.24, 2.45) is 5.41 Å². The molecule has 0 aliphatic carbocycles. The molecule has 1 fully saturated rings. The van der Waals surface area contributed by atoms with Gasteiger partial charge in [0.1, 0.15) is 6.61 Å². The van der Waals surface area contributed by atoms with Gasteiger partial charge in [-0.15, -0.1) is 0 Å². The molecule has 1 aromatic rings. The third-order valence-corrected chi connectivity index (χ3v) is 3.66. The Kier molecular flexibility index (Phi) is 4.75. The standard InChI is InChI=1S/C16H20N2O2/c1-16(12-17)8-5-9-18(13-16)15(19)11-20-10-14-6-3-2-4-7-14/h2-4,6-7H,5,8-11,13H2,1H3. The maximum atomic E-state index is 12.1. The maximum absolute atomic E-state index is 12.1. The third kappa shape index (κ3) is 3.82. The Labute approximate surface area is 120 Å². The number of carbonyl (C=O) groups excluding carboxylic acids is 1. The van der Waals surface area contributed by atoms with Crippen LogP contribution in [0.5, 0.6) is 0 Å². The summed E-state index contributed by atoms with van der Waals surface area (Å²) in [7, 11) is 0. The zero-order valence-electron chi connectivity index (χ0n) is 11.8.